The summed E-state index contributed by atoms with van der Waals surface area (Å²) in [7, 11) is 0. The molecule has 92 valence electrons. The van der Waals surface area contributed by atoms with E-state index in [1.54, 1.807) is 6.07 Å². The Kier molecular flexibility index (Phi) is 3.72. The lowest BCUT2D eigenvalue weighted by Gasteiger charge is -2.13. The van der Waals surface area contributed by atoms with Crippen molar-refractivity contribution in [2.45, 2.75) is 39.2 Å². The monoisotopic (exact) mass is 251 g/mol. The summed E-state index contributed by atoms with van der Waals surface area (Å²) in [4.78, 5) is 12.1. The second kappa shape index (κ2) is 5.09. The summed E-state index contributed by atoms with van der Waals surface area (Å²) in [6.45, 7) is 4.14. The predicted molar refractivity (Wildman–Crippen MR) is 70.5 cm³/mol. The summed E-state index contributed by atoms with van der Waals surface area (Å²) in [5, 5.41) is 3.64. The Bertz CT molecular complexity index is 430. The van der Waals surface area contributed by atoms with Crippen LogP contribution in [0.1, 0.15) is 42.1 Å². The van der Waals surface area contributed by atoms with Gasteiger partial charge in [0.2, 0.25) is 0 Å². The molecule has 1 aromatic carbocycles. The quantitative estimate of drug-likeness (QED) is 0.856. The van der Waals surface area contributed by atoms with Crippen LogP contribution in [0.2, 0.25) is 5.02 Å². The highest BCUT2D eigenvalue weighted by Crippen LogP contribution is 2.26. The molecule has 2 rings (SSSR count). The van der Waals surface area contributed by atoms with Gasteiger partial charge < -0.3 is 5.32 Å². The molecule has 1 aliphatic rings. The average molecular weight is 252 g/mol. The van der Waals surface area contributed by atoms with Crippen LogP contribution in [0.5, 0.6) is 0 Å². The first-order chi connectivity index (χ1) is 8.08. The van der Waals surface area contributed by atoms with Gasteiger partial charge in [0.1, 0.15) is 0 Å². The Balaban J connectivity index is 2.07. The predicted octanol–water partition coefficient (Wildman–Crippen LogP) is 3.57. The molecule has 0 radical (unpaired) electrons. The standard InChI is InChI=1S/C14H18ClNO/c1-9-6-7-11(8-9)16-14(17)12-5-3-4-10(2)13(12)15/h3-5,9,11H,6-8H2,1-2H3,(H,16,17). The van der Waals surface area contributed by atoms with Gasteiger partial charge in [-0.1, -0.05) is 30.7 Å². The zero-order valence-electron chi connectivity index (χ0n) is 10.3. The maximum absolute atomic E-state index is 12.1. The van der Waals surface area contributed by atoms with Crippen molar-refractivity contribution >= 4 is 17.5 Å². The molecule has 1 amide bonds. The van der Waals surface area contributed by atoms with Crippen molar-refractivity contribution in [2.75, 3.05) is 0 Å². The highest BCUT2D eigenvalue weighted by Gasteiger charge is 2.23. The summed E-state index contributed by atoms with van der Waals surface area (Å²) in [5.41, 5.74) is 1.53. The van der Waals surface area contributed by atoms with Crippen LogP contribution in [0.3, 0.4) is 0 Å². The largest absolute Gasteiger partial charge is 0.349 e. The maximum Gasteiger partial charge on any atom is 0.253 e. The summed E-state index contributed by atoms with van der Waals surface area (Å²) >= 11 is 6.14. The number of amides is 1. The van der Waals surface area contributed by atoms with Gasteiger partial charge in [-0.25, -0.2) is 0 Å². The third-order valence-corrected chi connectivity index (χ3v) is 3.97. The molecule has 3 heteroatoms. The molecule has 1 fully saturated rings. The van der Waals surface area contributed by atoms with Crippen molar-refractivity contribution in [1.82, 2.24) is 5.32 Å². The second-order valence-corrected chi connectivity index (χ2v) is 5.40. The van der Waals surface area contributed by atoms with E-state index in [2.05, 4.69) is 12.2 Å². The molecule has 1 saturated carbocycles. The first-order valence-corrected chi connectivity index (χ1v) is 6.51. The van der Waals surface area contributed by atoms with Crippen LogP contribution < -0.4 is 5.32 Å². The molecular weight excluding hydrogens is 234 g/mol. The minimum Gasteiger partial charge on any atom is -0.349 e. The SMILES string of the molecule is Cc1cccc(C(=O)NC2CCC(C)C2)c1Cl. The summed E-state index contributed by atoms with van der Waals surface area (Å²) in [5.74, 6) is 0.672. The maximum atomic E-state index is 12.1. The molecule has 17 heavy (non-hydrogen) atoms. The van der Waals surface area contributed by atoms with Crippen molar-refractivity contribution in [3.8, 4) is 0 Å². The van der Waals surface area contributed by atoms with Crippen molar-refractivity contribution < 1.29 is 4.79 Å². The number of benzene rings is 1. The number of aryl methyl sites for hydroxylation is 1. The molecule has 1 aliphatic carbocycles. The minimum absolute atomic E-state index is 0.0437. The molecule has 0 spiro atoms. The summed E-state index contributed by atoms with van der Waals surface area (Å²) < 4.78 is 0. The normalized spacial score (nSPS) is 23.7. The lowest BCUT2D eigenvalue weighted by molar-refractivity contribution is 0.0937. The number of hydrogen-bond acceptors (Lipinski definition) is 1. The van der Waals surface area contributed by atoms with Gasteiger partial charge >= 0.3 is 0 Å². The Labute approximate surface area is 107 Å². The van der Waals surface area contributed by atoms with Gasteiger partial charge in [0.15, 0.2) is 0 Å². The first kappa shape index (κ1) is 12.4. The Morgan fingerprint density at radius 2 is 2.18 bits per heavy atom. The number of nitrogens with one attached hydrogen (secondary N) is 1. The van der Waals surface area contributed by atoms with Crippen molar-refractivity contribution in [2.24, 2.45) is 5.92 Å². The van der Waals surface area contributed by atoms with E-state index < -0.39 is 0 Å². The minimum atomic E-state index is -0.0437. The van der Waals surface area contributed by atoms with Gasteiger partial charge in [-0.05, 0) is 43.7 Å². The molecule has 0 heterocycles. The number of carbonyl (C=O) groups is 1. The fourth-order valence-electron chi connectivity index (χ4n) is 2.42. The third kappa shape index (κ3) is 2.81. The molecule has 1 N–H and O–H groups in total. The molecular formula is C14H18ClNO. The molecule has 0 saturated heterocycles. The van der Waals surface area contributed by atoms with Crippen LogP contribution in [0.25, 0.3) is 0 Å². The molecule has 2 atom stereocenters. The fourth-order valence-corrected chi connectivity index (χ4v) is 2.64. The molecule has 0 bridgehead atoms. The second-order valence-electron chi connectivity index (χ2n) is 5.03. The third-order valence-electron chi connectivity index (χ3n) is 3.47. The van der Waals surface area contributed by atoms with E-state index in [1.807, 2.05) is 19.1 Å². The Hall–Kier alpha value is -1.02. The van der Waals surface area contributed by atoms with Crippen molar-refractivity contribution in [3.63, 3.8) is 0 Å². The van der Waals surface area contributed by atoms with Crippen LogP contribution in [0.4, 0.5) is 0 Å². The molecule has 2 unspecified atom stereocenters. The van der Waals surface area contributed by atoms with Gasteiger partial charge in [0.05, 0.1) is 10.6 Å². The van der Waals surface area contributed by atoms with E-state index in [-0.39, 0.29) is 5.91 Å². The zero-order chi connectivity index (χ0) is 12.4. The number of rotatable bonds is 2. The molecule has 0 aromatic heterocycles. The molecule has 0 aliphatic heterocycles. The highest BCUT2D eigenvalue weighted by molar-refractivity contribution is 6.34. The lowest BCUT2D eigenvalue weighted by Crippen LogP contribution is -2.33. The zero-order valence-corrected chi connectivity index (χ0v) is 11.1. The van der Waals surface area contributed by atoms with E-state index in [4.69, 9.17) is 11.6 Å². The number of carbonyl (C=O) groups excluding carboxylic acids is 1. The fraction of sp³-hybridized carbons (Fsp3) is 0.500. The van der Waals surface area contributed by atoms with Gasteiger partial charge in [-0.15, -0.1) is 0 Å². The number of halogens is 1. The lowest BCUT2D eigenvalue weighted by atomic mass is 10.1. The van der Waals surface area contributed by atoms with Gasteiger partial charge in [0.25, 0.3) is 5.91 Å². The summed E-state index contributed by atoms with van der Waals surface area (Å²) in [6, 6.07) is 5.88. The van der Waals surface area contributed by atoms with Crippen LogP contribution >= 0.6 is 11.6 Å². The Morgan fingerprint density at radius 1 is 1.41 bits per heavy atom. The summed E-state index contributed by atoms with van der Waals surface area (Å²) in [6.07, 6.45) is 3.36. The van der Waals surface area contributed by atoms with E-state index >= 15 is 0 Å². The van der Waals surface area contributed by atoms with E-state index in [0.29, 0.717) is 22.5 Å². The number of hydrogen-bond donors (Lipinski definition) is 1. The highest BCUT2D eigenvalue weighted by atomic mass is 35.5. The van der Waals surface area contributed by atoms with Gasteiger partial charge in [-0.3, -0.25) is 4.79 Å². The van der Waals surface area contributed by atoms with E-state index in [0.717, 1.165) is 18.4 Å². The van der Waals surface area contributed by atoms with Gasteiger partial charge in [0, 0.05) is 6.04 Å². The van der Waals surface area contributed by atoms with Crippen LogP contribution in [-0.2, 0) is 0 Å². The van der Waals surface area contributed by atoms with E-state index in [1.165, 1.54) is 6.42 Å². The Morgan fingerprint density at radius 3 is 2.82 bits per heavy atom. The van der Waals surface area contributed by atoms with Gasteiger partial charge in [-0.2, -0.15) is 0 Å². The smallest absolute Gasteiger partial charge is 0.253 e. The van der Waals surface area contributed by atoms with Crippen LogP contribution in [0.15, 0.2) is 18.2 Å². The van der Waals surface area contributed by atoms with Crippen molar-refractivity contribution in [1.29, 1.82) is 0 Å². The average Bonchev–Trinajstić information content (AvgIpc) is 2.68. The first-order valence-electron chi connectivity index (χ1n) is 6.14. The van der Waals surface area contributed by atoms with E-state index in [9.17, 15) is 4.79 Å². The molecule has 2 nitrogen and oxygen atoms in total. The van der Waals surface area contributed by atoms with Crippen molar-refractivity contribution in [3.05, 3.63) is 34.3 Å². The topological polar surface area (TPSA) is 29.1 Å². The molecule has 1 aromatic rings. The van der Waals surface area contributed by atoms with Crippen LogP contribution in [-0.4, -0.2) is 11.9 Å². The van der Waals surface area contributed by atoms with Crippen LogP contribution in [0, 0.1) is 12.8 Å².